The van der Waals surface area contributed by atoms with Crippen LogP contribution < -0.4 is 0 Å². The standard InChI is InChI=1S/C30H52O3/c1-24(2)20-11-14-28(6)21(26(20,4)13-12-22(24)31)10-9-19-23-25(3,15-17-27(19,28)5)16-18-29(7,32)30(23,8)33/h19-23,31-33H,9-18H2,1-8H3. The van der Waals surface area contributed by atoms with Crippen LogP contribution in [0.3, 0.4) is 0 Å². The molecule has 0 aliphatic heterocycles. The lowest BCUT2D eigenvalue weighted by atomic mass is 9.31. The third-order valence-corrected chi connectivity index (χ3v) is 14.2. The Bertz CT molecular complexity index is 815. The van der Waals surface area contributed by atoms with Gasteiger partial charge < -0.3 is 15.3 Å². The maximum Gasteiger partial charge on any atom is 0.0938 e. The van der Waals surface area contributed by atoms with Gasteiger partial charge in [0.1, 0.15) is 0 Å². The van der Waals surface area contributed by atoms with E-state index in [1.54, 1.807) is 0 Å². The Morgan fingerprint density at radius 2 is 1.24 bits per heavy atom. The van der Waals surface area contributed by atoms with E-state index in [9.17, 15) is 15.3 Å². The van der Waals surface area contributed by atoms with Gasteiger partial charge in [0.2, 0.25) is 0 Å². The highest BCUT2D eigenvalue weighted by molar-refractivity contribution is 5.21. The Morgan fingerprint density at radius 1 is 0.606 bits per heavy atom. The average Bonchev–Trinajstić information content (AvgIpc) is 2.70. The number of hydrogen-bond donors (Lipinski definition) is 3. The molecule has 0 aromatic rings. The van der Waals surface area contributed by atoms with Crippen molar-refractivity contribution in [1.29, 1.82) is 0 Å². The van der Waals surface area contributed by atoms with Gasteiger partial charge in [0, 0.05) is 0 Å². The molecule has 0 spiro atoms. The number of hydrogen-bond acceptors (Lipinski definition) is 3. The smallest absolute Gasteiger partial charge is 0.0938 e. The minimum atomic E-state index is -1.05. The molecule has 0 aromatic heterocycles. The molecule has 0 heterocycles. The lowest BCUT2D eigenvalue weighted by Gasteiger charge is -2.74. The van der Waals surface area contributed by atoms with Crippen molar-refractivity contribution in [3.05, 3.63) is 0 Å². The quantitative estimate of drug-likeness (QED) is 0.395. The molecular formula is C30H52O3. The third kappa shape index (κ3) is 2.80. The first kappa shape index (κ1) is 24.6. The number of aliphatic hydroxyl groups is 3. The summed E-state index contributed by atoms with van der Waals surface area (Å²) in [5.74, 6) is 1.87. The van der Waals surface area contributed by atoms with E-state index in [4.69, 9.17) is 0 Å². The van der Waals surface area contributed by atoms with Crippen LogP contribution in [-0.4, -0.2) is 32.6 Å². The molecule has 0 saturated heterocycles. The molecule has 3 nitrogen and oxygen atoms in total. The van der Waals surface area contributed by atoms with E-state index in [2.05, 4.69) is 41.5 Å². The van der Waals surface area contributed by atoms with Crippen LogP contribution in [0.5, 0.6) is 0 Å². The van der Waals surface area contributed by atoms with Gasteiger partial charge in [-0.1, -0.05) is 41.5 Å². The maximum absolute atomic E-state index is 12.0. The van der Waals surface area contributed by atoms with Crippen molar-refractivity contribution < 1.29 is 15.3 Å². The molecule has 11 atom stereocenters. The van der Waals surface area contributed by atoms with Crippen molar-refractivity contribution in [2.45, 2.75) is 137 Å². The molecule has 0 aromatic carbocycles. The fourth-order valence-electron chi connectivity index (χ4n) is 11.6. The van der Waals surface area contributed by atoms with Crippen LogP contribution in [0, 0.1) is 50.7 Å². The Morgan fingerprint density at radius 3 is 1.91 bits per heavy atom. The van der Waals surface area contributed by atoms with Gasteiger partial charge in [-0.05, 0) is 129 Å². The summed E-state index contributed by atoms with van der Waals surface area (Å²) in [6.07, 6.45) is 10.9. The topological polar surface area (TPSA) is 60.7 Å². The van der Waals surface area contributed by atoms with E-state index in [0.29, 0.717) is 24.2 Å². The van der Waals surface area contributed by atoms with E-state index in [1.807, 2.05) is 13.8 Å². The summed E-state index contributed by atoms with van der Waals surface area (Å²) < 4.78 is 0. The Hall–Kier alpha value is -0.120. The predicted octanol–water partition coefficient (Wildman–Crippen LogP) is 6.33. The first-order valence-electron chi connectivity index (χ1n) is 14.1. The first-order chi connectivity index (χ1) is 15.0. The predicted molar refractivity (Wildman–Crippen MR) is 134 cm³/mol. The lowest BCUT2D eigenvalue weighted by molar-refractivity contribution is -0.297. The summed E-state index contributed by atoms with van der Waals surface area (Å²) in [4.78, 5) is 0. The summed E-state index contributed by atoms with van der Waals surface area (Å²) in [6, 6.07) is 0. The Kier molecular flexibility index (Phi) is 5.06. The fraction of sp³-hybridized carbons (Fsp3) is 1.00. The molecule has 5 aliphatic carbocycles. The number of aliphatic hydroxyl groups excluding tert-OH is 1. The maximum atomic E-state index is 12.0. The monoisotopic (exact) mass is 460 g/mol. The van der Waals surface area contributed by atoms with Crippen LogP contribution in [0.2, 0.25) is 0 Å². The molecular weight excluding hydrogens is 408 g/mol. The molecule has 33 heavy (non-hydrogen) atoms. The molecule has 5 aliphatic rings. The van der Waals surface area contributed by atoms with Crippen molar-refractivity contribution in [2.75, 3.05) is 0 Å². The SMILES string of the molecule is CC12CCC(C)(O)C(C)(O)C1C1CCC3C4(C)CCC(O)C(C)(C)C4CCC3(C)C1(C)CC2. The summed E-state index contributed by atoms with van der Waals surface area (Å²) in [5.41, 5.74) is -1.23. The summed E-state index contributed by atoms with van der Waals surface area (Å²) in [7, 11) is 0. The van der Waals surface area contributed by atoms with Crippen LogP contribution in [0.1, 0.15) is 120 Å². The van der Waals surface area contributed by atoms with Gasteiger partial charge in [-0.15, -0.1) is 0 Å². The summed E-state index contributed by atoms with van der Waals surface area (Å²) in [5, 5.41) is 34.2. The van der Waals surface area contributed by atoms with Crippen LogP contribution in [-0.2, 0) is 0 Å². The van der Waals surface area contributed by atoms with E-state index in [0.717, 1.165) is 19.3 Å². The van der Waals surface area contributed by atoms with Crippen molar-refractivity contribution in [1.82, 2.24) is 0 Å². The van der Waals surface area contributed by atoms with Gasteiger partial charge in [-0.2, -0.15) is 0 Å². The number of rotatable bonds is 0. The van der Waals surface area contributed by atoms with Gasteiger partial charge in [0.05, 0.1) is 17.3 Å². The molecule has 11 unspecified atom stereocenters. The lowest BCUT2D eigenvalue weighted by Crippen LogP contribution is -2.72. The van der Waals surface area contributed by atoms with Crippen LogP contribution in [0.25, 0.3) is 0 Å². The molecule has 5 rings (SSSR count). The minimum absolute atomic E-state index is 0.0109. The molecule has 0 bridgehead atoms. The second-order valence-electron chi connectivity index (χ2n) is 15.6. The molecule has 3 N–H and O–H groups in total. The van der Waals surface area contributed by atoms with Gasteiger partial charge in [-0.25, -0.2) is 0 Å². The summed E-state index contributed by atoms with van der Waals surface area (Å²) >= 11 is 0. The third-order valence-electron chi connectivity index (χ3n) is 14.2. The van der Waals surface area contributed by atoms with Crippen molar-refractivity contribution in [3.63, 3.8) is 0 Å². The Labute approximate surface area is 203 Å². The molecule has 5 saturated carbocycles. The van der Waals surface area contributed by atoms with Gasteiger partial charge in [0.25, 0.3) is 0 Å². The zero-order valence-electron chi connectivity index (χ0n) is 22.8. The second-order valence-corrected chi connectivity index (χ2v) is 15.6. The fourth-order valence-corrected chi connectivity index (χ4v) is 11.6. The highest BCUT2D eigenvalue weighted by atomic mass is 16.4. The van der Waals surface area contributed by atoms with Crippen molar-refractivity contribution in [2.24, 2.45) is 50.7 Å². The molecule has 190 valence electrons. The normalized spacial score (nSPS) is 62.5. The molecule has 5 fully saturated rings. The van der Waals surface area contributed by atoms with Gasteiger partial charge >= 0.3 is 0 Å². The van der Waals surface area contributed by atoms with Crippen molar-refractivity contribution in [3.8, 4) is 0 Å². The zero-order valence-corrected chi connectivity index (χ0v) is 22.8. The zero-order chi connectivity index (χ0) is 24.5. The highest BCUT2D eigenvalue weighted by Crippen LogP contribution is 2.77. The van der Waals surface area contributed by atoms with Crippen LogP contribution >= 0.6 is 0 Å². The highest BCUT2D eigenvalue weighted by Gasteiger charge is 2.72. The van der Waals surface area contributed by atoms with E-state index in [-0.39, 0.29) is 39.1 Å². The summed E-state index contributed by atoms with van der Waals surface area (Å²) in [6.45, 7) is 18.7. The molecule has 0 radical (unpaired) electrons. The molecule has 0 amide bonds. The second kappa shape index (κ2) is 6.80. The van der Waals surface area contributed by atoms with Crippen LogP contribution in [0.4, 0.5) is 0 Å². The van der Waals surface area contributed by atoms with E-state index < -0.39 is 11.2 Å². The Balaban J connectivity index is 1.57. The largest absolute Gasteiger partial charge is 0.393 e. The van der Waals surface area contributed by atoms with Gasteiger partial charge in [-0.3, -0.25) is 0 Å². The van der Waals surface area contributed by atoms with Crippen molar-refractivity contribution >= 4 is 0 Å². The minimum Gasteiger partial charge on any atom is -0.393 e. The van der Waals surface area contributed by atoms with Gasteiger partial charge in [0.15, 0.2) is 0 Å². The molecule has 3 heteroatoms. The van der Waals surface area contributed by atoms with E-state index in [1.165, 1.54) is 38.5 Å². The average molecular weight is 461 g/mol. The number of fused-ring (bicyclic) bond motifs is 7. The van der Waals surface area contributed by atoms with E-state index >= 15 is 0 Å². The first-order valence-corrected chi connectivity index (χ1v) is 14.1. The van der Waals surface area contributed by atoms with Crippen LogP contribution in [0.15, 0.2) is 0 Å².